The zero-order valence-electron chi connectivity index (χ0n) is 15.7. The summed E-state index contributed by atoms with van der Waals surface area (Å²) in [6.45, 7) is -0.843. The number of amides is 1. The molecule has 0 aliphatic heterocycles. The molecule has 3 aromatic rings. The zero-order chi connectivity index (χ0) is 20.1. The number of hydrogen-bond acceptors (Lipinski definition) is 4. The minimum atomic E-state index is -2.72. The maximum Gasteiger partial charge on any atom is 0.414 e. The molecule has 1 heterocycles. The van der Waals surface area contributed by atoms with Crippen LogP contribution in [0.2, 0.25) is 0 Å². The fourth-order valence-corrected chi connectivity index (χ4v) is 2.76. The van der Waals surface area contributed by atoms with Crippen LogP contribution >= 0.6 is 0 Å². The number of aromatic nitrogens is 1. The summed E-state index contributed by atoms with van der Waals surface area (Å²) in [4.78, 5) is 20.3. The Labute approximate surface area is 162 Å². The number of halogens is 2. The van der Waals surface area contributed by atoms with Gasteiger partial charge < -0.3 is 9.64 Å². The number of pyridine rings is 1. The van der Waals surface area contributed by atoms with Gasteiger partial charge in [-0.3, -0.25) is 9.88 Å². The SMILES string of the molecule is CN(C)c1ccc(N(Cc2ccc3ccccc3n2)C(=O)OCC(F)F)cc1. The Balaban J connectivity index is 1.88. The van der Waals surface area contributed by atoms with Crippen LogP contribution in [0, 0.1) is 0 Å². The molecule has 146 valence electrons. The van der Waals surface area contributed by atoms with Crippen LogP contribution in [0.5, 0.6) is 0 Å². The molecule has 0 spiro atoms. The van der Waals surface area contributed by atoms with Gasteiger partial charge in [0.1, 0.15) is 0 Å². The predicted octanol–water partition coefficient (Wildman–Crippen LogP) is 4.71. The Morgan fingerprint density at radius 1 is 1.00 bits per heavy atom. The summed E-state index contributed by atoms with van der Waals surface area (Å²) in [5.41, 5.74) is 2.92. The molecule has 0 atom stereocenters. The van der Waals surface area contributed by atoms with E-state index in [1.807, 2.05) is 67.5 Å². The first kappa shape index (κ1) is 19.5. The summed E-state index contributed by atoms with van der Waals surface area (Å²) in [5.74, 6) is 0. The topological polar surface area (TPSA) is 45.7 Å². The van der Waals surface area contributed by atoms with Crippen LogP contribution in [0.15, 0.2) is 60.7 Å². The molecule has 0 bridgehead atoms. The predicted molar refractivity (Wildman–Crippen MR) is 106 cm³/mol. The fourth-order valence-electron chi connectivity index (χ4n) is 2.76. The van der Waals surface area contributed by atoms with E-state index in [4.69, 9.17) is 4.74 Å². The van der Waals surface area contributed by atoms with Crippen molar-refractivity contribution in [3.8, 4) is 0 Å². The highest BCUT2D eigenvalue weighted by molar-refractivity contribution is 5.88. The van der Waals surface area contributed by atoms with Gasteiger partial charge in [0.15, 0.2) is 6.61 Å². The van der Waals surface area contributed by atoms with Gasteiger partial charge in [-0.2, -0.15) is 0 Å². The average molecular weight is 385 g/mol. The van der Waals surface area contributed by atoms with E-state index in [-0.39, 0.29) is 6.54 Å². The molecule has 0 saturated carbocycles. The summed E-state index contributed by atoms with van der Waals surface area (Å²) < 4.78 is 29.7. The fraction of sp³-hybridized carbons (Fsp3) is 0.238. The van der Waals surface area contributed by atoms with E-state index in [1.54, 1.807) is 12.1 Å². The molecule has 3 rings (SSSR count). The lowest BCUT2D eigenvalue weighted by molar-refractivity contribution is 0.0517. The molecule has 28 heavy (non-hydrogen) atoms. The van der Waals surface area contributed by atoms with E-state index in [0.717, 1.165) is 16.6 Å². The van der Waals surface area contributed by atoms with Crippen molar-refractivity contribution in [1.29, 1.82) is 0 Å². The second-order valence-corrected chi connectivity index (χ2v) is 6.46. The van der Waals surface area contributed by atoms with Gasteiger partial charge in [-0.15, -0.1) is 0 Å². The van der Waals surface area contributed by atoms with Crippen molar-refractivity contribution >= 4 is 28.4 Å². The zero-order valence-corrected chi connectivity index (χ0v) is 15.7. The van der Waals surface area contributed by atoms with E-state index in [2.05, 4.69) is 4.98 Å². The second kappa shape index (κ2) is 8.65. The normalized spacial score (nSPS) is 10.9. The Hall–Kier alpha value is -3.22. The highest BCUT2D eigenvalue weighted by atomic mass is 19.3. The average Bonchev–Trinajstić information content (AvgIpc) is 2.70. The molecule has 0 saturated heterocycles. The molecule has 2 aromatic carbocycles. The van der Waals surface area contributed by atoms with Crippen LogP contribution < -0.4 is 9.80 Å². The van der Waals surface area contributed by atoms with Gasteiger partial charge in [0.05, 0.1) is 17.8 Å². The third kappa shape index (κ3) is 4.73. The van der Waals surface area contributed by atoms with Crippen LogP contribution in [0.3, 0.4) is 0 Å². The Morgan fingerprint density at radius 3 is 2.36 bits per heavy atom. The van der Waals surface area contributed by atoms with Crippen molar-refractivity contribution in [1.82, 2.24) is 4.98 Å². The number of rotatable bonds is 6. The first-order valence-corrected chi connectivity index (χ1v) is 8.78. The van der Waals surface area contributed by atoms with Crippen molar-refractivity contribution in [2.45, 2.75) is 13.0 Å². The molecular weight excluding hydrogens is 364 g/mol. The summed E-state index contributed by atoms with van der Waals surface area (Å²) in [6.07, 6.45) is -3.56. The highest BCUT2D eigenvalue weighted by Gasteiger charge is 2.20. The number of para-hydroxylation sites is 1. The first-order valence-electron chi connectivity index (χ1n) is 8.78. The number of anilines is 2. The quantitative estimate of drug-likeness (QED) is 0.617. The van der Waals surface area contributed by atoms with Crippen LogP contribution in [0.25, 0.3) is 10.9 Å². The molecule has 0 aliphatic carbocycles. The smallest absolute Gasteiger partial charge is 0.414 e. The Bertz CT molecular complexity index is 946. The van der Waals surface area contributed by atoms with Crippen molar-refractivity contribution in [3.05, 3.63) is 66.4 Å². The van der Waals surface area contributed by atoms with Crippen LogP contribution in [0.4, 0.5) is 25.0 Å². The molecule has 0 radical (unpaired) electrons. The van der Waals surface area contributed by atoms with Gasteiger partial charge in [0.25, 0.3) is 6.43 Å². The summed E-state index contributed by atoms with van der Waals surface area (Å²) in [7, 11) is 3.81. The number of hydrogen-bond donors (Lipinski definition) is 0. The van der Waals surface area contributed by atoms with E-state index in [0.29, 0.717) is 11.4 Å². The lowest BCUT2D eigenvalue weighted by Crippen LogP contribution is -2.32. The Kier molecular flexibility index (Phi) is 6.03. The Morgan fingerprint density at radius 2 is 1.68 bits per heavy atom. The first-order chi connectivity index (χ1) is 13.4. The lowest BCUT2D eigenvalue weighted by atomic mass is 10.2. The summed E-state index contributed by atoms with van der Waals surface area (Å²) in [6, 6.07) is 18.5. The number of benzene rings is 2. The van der Waals surface area contributed by atoms with E-state index < -0.39 is 19.1 Å². The van der Waals surface area contributed by atoms with E-state index in [9.17, 15) is 13.6 Å². The standard InChI is InChI=1S/C21H21F2N3O2/c1-25(2)17-9-11-18(12-10-17)26(21(27)28-14-20(22)23)13-16-8-7-15-5-3-4-6-19(15)24-16/h3-12,20H,13-14H2,1-2H3. The number of ether oxygens (including phenoxy) is 1. The van der Waals surface area contributed by atoms with Gasteiger partial charge >= 0.3 is 6.09 Å². The largest absolute Gasteiger partial charge is 0.443 e. The number of carbonyl (C=O) groups excluding carboxylic acids is 1. The molecule has 1 amide bonds. The highest BCUT2D eigenvalue weighted by Crippen LogP contribution is 2.23. The van der Waals surface area contributed by atoms with Crippen LogP contribution in [-0.4, -0.2) is 38.2 Å². The summed E-state index contributed by atoms with van der Waals surface area (Å²) >= 11 is 0. The lowest BCUT2D eigenvalue weighted by Gasteiger charge is -2.23. The van der Waals surface area contributed by atoms with Crippen LogP contribution in [0.1, 0.15) is 5.69 Å². The van der Waals surface area contributed by atoms with Crippen LogP contribution in [-0.2, 0) is 11.3 Å². The maximum absolute atomic E-state index is 12.5. The molecule has 0 fully saturated rings. The second-order valence-electron chi connectivity index (χ2n) is 6.46. The molecule has 1 aromatic heterocycles. The number of carbonyl (C=O) groups is 1. The van der Waals surface area contributed by atoms with Crippen molar-refractivity contribution in [3.63, 3.8) is 0 Å². The van der Waals surface area contributed by atoms with Crippen molar-refractivity contribution < 1.29 is 18.3 Å². The van der Waals surface area contributed by atoms with Crippen molar-refractivity contribution in [2.24, 2.45) is 0 Å². The van der Waals surface area contributed by atoms with Gasteiger partial charge in [0.2, 0.25) is 0 Å². The van der Waals surface area contributed by atoms with Crippen molar-refractivity contribution in [2.75, 3.05) is 30.5 Å². The van der Waals surface area contributed by atoms with E-state index in [1.165, 1.54) is 4.90 Å². The van der Waals surface area contributed by atoms with Gasteiger partial charge in [-0.1, -0.05) is 24.3 Å². The maximum atomic E-state index is 12.5. The number of nitrogens with zero attached hydrogens (tertiary/aromatic N) is 3. The van der Waals surface area contributed by atoms with Gasteiger partial charge in [-0.25, -0.2) is 13.6 Å². The third-order valence-corrected chi connectivity index (χ3v) is 4.21. The molecular formula is C21H21F2N3O2. The third-order valence-electron chi connectivity index (χ3n) is 4.21. The van der Waals surface area contributed by atoms with Gasteiger partial charge in [0, 0.05) is 30.9 Å². The number of fused-ring (bicyclic) bond motifs is 1. The van der Waals surface area contributed by atoms with Gasteiger partial charge in [-0.05, 0) is 36.4 Å². The molecule has 5 nitrogen and oxygen atoms in total. The molecule has 0 N–H and O–H groups in total. The number of alkyl halides is 2. The minimum Gasteiger partial charge on any atom is -0.443 e. The molecule has 7 heteroatoms. The van der Waals surface area contributed by atoms with E-state index >= 15 is 0 Å². The monoisotopic (exact) mass is 385 g/mol. The summed E-state index contributed by atoms with van der Waals surface area (Å²) in [5, 5.41) is 0.980. The minimum absolute atomic E-state index is 0.105. The molecule has 0 aliphatic rings. The molecule has 0 unspecified atom stereocenters.